The van der Waals surface area contributed by atoms with Gasteiger partial charge in [-0.05, 0) is 41.7 Å². The second-order valence-corrected chi connectivity index (χ2v) is 4.92. The van der Waals surface area contributed by atoms with Gasteiger partial charge in [-0.1, -0.05) is 4.49 Å². The number of carboxylic acids is 1. The molecule has 1 aliphatic rings. The topological polar surface area (TPSA) is 83.4 Å². The molecule has 0 fully saturated rings. The van der Waals surface area contributed by atoms with Gasteiger partial charge in [-0.25, -0.2) is 4.79 Å². The molecule has 1 N–H and O–H groups in total. The van der Waals surface area contributed by atoms with Crippen LogP contribution in [0.1, 0.15) is 25.6 Å². The number of benzene rings is 1. The van der Waals surface area contributed by atoms with E-state index in [1.807, 2.05) is 0 Å². The molecule has 2 aromatic rings. The number of fused-ring (bicyclic) bond motifs is 1. The molecule has 2 heterocycles. The first kappa shape index (κ1) is 11.8. The Morgan fingerprint density at radius 3 is 2.89 bits per heavy atom. The van der Waals surface area contributed by atoms with Crippen molar-refractivity contribution in [1.29, 1.82) is 0 Å². The monoisotopic (exact) mass is 275 g/mol. The fraction of sp³-hybridized carbons (Fsp3) is 0.167. The number of carbonyl (C=O) groups excluding carboxylic acids is 1. The van der Waals surface area contributed by atoms with Crippen molar-refractivity contribution < 1.29 is 14.7 Å². The number of nitrogens with zero attached hydrogens (tertiary/aromatic N) is 3. The number of amides is 1. The standard InChI is InChI=1S/C12H9N3O3S/c16-11(10-6-13-14-19-10)15-4-3-7-5-8(12(17)18)1-2-9(7)15/h1-2,5-6H,3-4H2,(H,17,18). The van der Waals surface area contributed by atoms with Crippen LogP contribution in [0.4, 0.5) is 5.69 Å². The van der Waals surface area contributed by atoms with E-state index in [9.17, 15) is 9.59 Å². The molecule has 0 atom stereocenters. The fourth-order valence-electron chi connectivity index (χ4n) is 2.14. The van der Waals surface area contributed by atoms with E-state index in [0.717, 1.165) is 22.8 Å². The number of carbonyl (C=O) groups is 2. The Kier molecular flexibility index (Phi) is 2.75. The highest BCUT2D eigenvalue weighted by Crippen LogP contribution is 2.30. The van der Waals surface area contributed by atoms with E-state index in [2.05, 4.69) is 9.59 Å². The Hall–Kier alpha value is -2.28. The van der Waals surface area contributed by atoms with Crippen LogP contribution in [0.2, 0.25) is 0 Å². The number of aromatic nitrogens is 2. The zero-order valence-corrected chi connectivity index (χ0v) is 10.6. The Morgan fingerprint density at radius 1 is 1.37 bits per heavy atom. The van der Waals surface area contributed by atoms with Crippen molar-refractivity contribution in [3.05, 3.63) is 40.4 Å². The zero-order chi connectivity index (χ0) is 13.4. The van der Waals surface area contributed by atoms with Crippen LogP contribution < -0.4 is 4.90 Å². The molecule has 7 heteroatoms. The van der Waals surface area contributed by atoms with Crippen LogP contribution in [0.3, 0.4) is 0 Å². The first-order chi connectivity index (χ1) is 9.16. The van der Waals surface area contributed by atoms with E-state index in [-0.39, 0.29) is 11.5 Å². The Morgan fingerprint density at radius 2 is 2.21 bits per heavy atom. The molecule has 96 valence electrons. The molecule has 0 aliphatic carbocycles. The van der Waals surface area contributed by atoms with Crippen molar-refractivity contribution in [2.75, 3.05) is 11.4 Å². The lowest BCUT2D eigenvalue weighted by atomic mass is 10.1. The van der Waals surface area contributed by atoms with Crippen molar-refractivity contribution in [2.24, 2.45) is 0 Å². The van der Waals surface area contributed by atoms with E-state index in [1.165, 1.54) is 12.3 Å². The van der Waals surface area contributed by atoms with E-state index < -0.39 is 5.97 Å². The largest absolute Gasteiger partial charge is 0.478 e. The van der Waals surface area contributed by atoms with Gasteiger partial charge in [0.25, 0.3) is 5.91 Å². The molecule has 0 radical (unpaired) electrons. The first-order valence-corrected chi connectivity index (χ1v) is 6.39. The van der Waals surface area contributed by atoms with Crippen molar-refractivity contribution in [3.63, 3.8) is 0 Å². The van der Waals surface area contributed by atoms with Gasteiger partial charge in [0.05, 0.1) is 11.8 Å². The lowest BCUT2D eigenvalue weighted by Gasteiger charge is -2.15. The summed E-state index contributed by atoms with van der Waals surface area (Å²) in [6.07, 6.45) is 2.10. The van der Waals surface area contributed by atoms with Crippen LogP contribution >= 0.6 is 11.5 Å². The highest BCUT2D eigenvalue weighted by Gasteiger charge is 2.27. The average molecular weight is 275 g/mol. The molecule has 0 bridgehead atoms. The third kappa shape index (κ3) is 1.97. The summed E-state index contributed by atoms with van der Waals surface area (Å²) < 4.78 is 3.67. The smallest absolute Gasteiger partial charge is 0.335 e. The van der Waals surface area contributed by atoms with Crippen LogP contribution in [-0.2, 0) is 6.42 Å². The molecule has 0 unspecified atom stereocenters. The highest BCUT2D eigenvalue weighted by atomic mass is 32.1. The SMILES string of the molecule is O=C(O)c1ccc2c(c1)CCN2C(=O)c1cnns1. The van der Waals surface area contributed by atoms with E-state index in [1.54, 1.807) is 17.0 Å². The second kappa shape index (κ2) is 4.43. The number of hydrogen-bond donors (Lipinski definition) is 1. The third-order valence-electron chi connectivity index (χ3n) is 3.04. The van der Waals surface area contributed by atoms with Crippen LogP contribution in [0.25, 0.3) is 0 Å². The minimum Gasteiger partial charge on any atom is -0.478 e. The van der Waals surface area contributed by atoms with E-state index in [0.29, 0.717) is 17.8 Å². The molecule has 3 rings (SSSR count). The Balaban J connectivity index is 1.94. The molecular weight excluding hydrogens is 266 g/mol. The summed E-state index contributed by atoms with van der Waals surface area (Å²) in [4.78, 5) is 25.3. The summed E-state index contributed by atoms with van der Waals surface area (Å²) in [6, 6.07) is 4.81. The minimum atomic E-state index is -0.959. The molecular formula is C12H9N3O3S. The average Bonchev–Trinajstić information content (AvgIpc) is 3.06. The maximum atomic E-state index is 12.2. The zero-order valence-electron chi connectivity index (χ0n) is 9.74. The maximum absolute atomic E-state index is 12.2. The van der Waals surface area contributed by atoms with Gasteiger partial charge in [0.1, 0.15) is 4.88 Å². The van der Waals surface area contributed by atoms with Crippen LogP contribution in [0.5, 0.6) is 0 Å². The summed E-state index contributed by atoms with van der Waals surface area (Å²) in [6.45, 7) is 0.551. The van der Waals surface area contributed by atoms with Gasteiger partial charge in [0.15, 0.2) is 0 Å². The highest BCUT2D eigenvalue weighted by molar-refractivity contribution is 7.07. The molecule has 6 nitrogen and oxygen atoms in total. The number of aromatic carboxylic acids is 1. The fourth-order valence-corrected chi connectivity index (χ4v) is 2.60. The Bertz CT molecular complexity index is 654. The van der Waals surface area contributed by atoms with Gasteiger partial charge >= 0.3 is 5.97 Å². The molecule has 1 amide bonds. The summed E-state index contributed by atoms with van der Waals surface area (Å²) in [5.41, 5.74) is 1.89. The van der Waals surface area contributed by atoms with Crippen molar-refractivity contribution in [1.82, 2.24) is 9.59 Å². The summed E-state index contributed by atoms with van der Waals surface area (Å²) >= 11 is 1.05. The molecule has 1 aromatic heterocycles. The van der Waals surface area contributed by atoms with Gasteiger partial charge in [-0.2, -0.15) is 0 Å². The van der Waals surface area contributed by atoms with Crippen molar-refractivity contribution in [2.45, 2.75) is 6.42 Å². The molecule has 19 heavy (non-hydrogen) atoms. The summed E-state index contributed by atoms with van der Waals surface area (Å²) in [5, 5.41) is 12.6. The summed E-state index contributed by atoms with van der Waals surface area (Å²) in [7, 11) is 0. The number of anilines is 1. The first-order valence-electron chi connectivity index (χ1n) is 5.62. The van der Waals surface area contributed by atoms with Gasteiger partial charge in [-0.3, -0.25) is 4.79 Å². The number of rotatable bonds is 2. The molecule has 0 saturated carbocycles. The summed E-state index contributed by atoms with van der Waals surface area (Å²) in [5.74, 6) is -1.10. The predicted octanol–water partition coefficient (Wildman–Crippen LogP) is 1.44. The Labute approximate surface area is 112 Å². The third-order valence-corrected chi connectivity index (χ3v) is 3.69. The van der Waals surface area contributed by atoms with Crippen molar-refractivity contribution >= 4 is 29.1 Å². The lowest BCUT2D eigenvalue weighted by Crippen LogP contribution is -2.28. The van der Waals surface area contributed by atoms with E-state index in [4.69, 9.17) is 5.11 Å². The number of hydrogen-bond acceptors (Lipinski definition) is 5. The second-order valence-electron chi connectivity index (χ2n) is 4.14. The van der Waals surface area contributed by atoms with Crippen LogP contribution in [0, 0.1) is 0 Å². The molecule has 1 aromatic carbocycles. The van der Waals surface area contributed by atoms with Gasteiger partial charge in [0.2, 0.25) is 0 Å². The lowest BCUT2D eigenvalue weighted by molar-refractivity contribution is 0.0696. The number of carboxylic acid groups (broad SMARTS) is 1. The van der Waals surface area contributed by atoms with E-state index >= 15 is 0 Å². The minimum absolute atomic E-state index is 0.142. The van der Waals surface area contributed by atoms with Crippen molar-refractivity contribution in [3.8, 4) is 0 Å². The molecule has 0 spiro atoms. The van der Waals surface area contributed by atoms with Gasteiger partial charge in [-0.15, -0.1) is 5.10 Å². The maximum Gasteiger partial charge on any atom is 0.335 e. The molecule has 1 aliphatic heterocycles. The predicted molar refractivity (Wildman–Crippen MR) is 68.7 cm³/mol. The normalized spacial score (nSPS) is 13.4. The van der Waals surface area contributed by atoms with Gasteiger partial charge < -0.3 is 10.0 Å². The van der Waals surface area contributed by atoms with Gasteiger partial charge in [0, 0.05) is 12.2 Å². The van der Waals surface area contributed by atoms with Crippen LogP contribution in [-0.4, -0.2) is 33.1 Å². The quantitative estimate of drug-likeness (QED) is 0.896. The molecule has 0 saturated heterocycles. The van der Waals surface area contributed by atoms with Crippen LogP contribution in [0.15, 0.2) is 24.4 Å².